The molecule has 4 heteroatoms. The van der Waals surface area contributed by atoms with E-state index in [1.54, 1.807) is 0 Å². The molecular formula is C16H25ClN2O. The Morgan fingerprint density at radius 1 is 1.20 bits per heavy atom. The van der Waals surface area contributed by atoms with Crippen LogP contribution < -0.4 is 11.1 Å². The zero-order chi connectivity index (χ0) is 13.9. The zero-order valence-corrected chi connectivity index (χ0v) is 13.1. The Morgan fingerprint density at radius 2 is 1.75 bits per heavy atom. The van der Waals surface area contributed by atoms with Gasteiger partial charge < -0.3 is 11.1 Å². The Morgan fingerprint density at radius 3 is 2.30 bits per heavy atom. The largest absolute Gasteiger partial charge is 0.348 e. The van der Waals surface area contributed by atoms with Crippen LogP contribution in [0.25, 0.3) is 0 Å². The van der Waals surface area contributed by atoms with Crippen molar-refractivity contribution in [2.45, 2.75) is 57.5 Å². The maximum atomic E-state index is 12.3. The monoisotopic (exact) mass is 296 g/mol. The fourth-order valence-corrected chi connectivity index (χ4v) is 2.69. The summed E-state index contributed by atoms with van der Waals surface area (Å²) in [5.74, 6) is 0.000255. The molecule has 0 saturated heterocycles. The Balaban J connectivity index is 0.00000200. The second kappa shape index (κ2) is 7.09. The van der Waals surface area contributed by atoms with Gasteiger partial charge in [0.25, 0.3) is 0 Å². The molecule has 112 valence electrons. The highest BCUT2D eigenvalue weighted by Crippen LogP contribution is 2.27. The first-order valence-electron chi connectivity index (χ1n) is 7.18. The molecule has 0 spiro atoms. The van der Waals surface area contributed by atoms with Crippen molar-refractivity contribution < 1.29 is 4.79 Å². The molecule has 1 saturated carbocycles. The van der Waals surface area contributed by atoms with Crippen LogP contribution in [0.2, 0.25) is 0 Å². The predicted octanol–water partition coefficient (Wildman–Crippen LogP) is 3.26. The number of carbonyl (C=O) groups is 1. The highest BCUT2D eigenvalue weighted by Gasteiger charge is 2.35. The standard InChI is InChI=1S/C16H24N2O.ClH/c1-12-6-8-14(9-7-12)13(2)18-15(19)16(17)10-4-3-5-11-16;/h6-9,13H,3-5,10-11,17H2,1-2H3,(H,18,19);1H. The van der Waals surface area contributed by atoms with Gasteiger partial charge in [0.1, 0.15) is 0 Å². The van der Waals surface area contributed by atoms with Crippen LogP contribution in [0.5, 0.6) is 0 Å². The molecule has 1 amide bonds. The Hall–Kier alpha value is -1.06. The number of hydrogen-bond acceptors (Lipinski definition) is 2. The molecule has 0 aromatic heterocycles. The van der Waals surface area contributed by atoms with E-state index >= 15 is 0 Å². The summed E-state index contributed by atoms with van der Waals surface area (Å²) in [6, 6.07) is 8.26. The van der Waals surface area contributed by atoms with Crippen LogP contribution in [-0.4, -0.2) is 11.4 Å². The maximum Gasteiger partial charge on any atom is 0.240 e. The third kappa shape index (κ3) is 3.97. The van der Waals surface area contributed by atoms with Gasteiger partial charge >= 0.3 is 0 Å². The van der Waals surface area contributed by atoms with E-state index in [9.17, 15) is 4.79 Å². The summed E-state index contributed by atoms with van der Waals surface area (Å²) in [6.07, 6.45) is 4.92. The second-order valence-corrected chi connectivity index (χ2v) is 5.82. The minimum absolute atomic E-state index is 0. The average molecular weight is 297 g/mol. The number of carbonyl (C=O) groups excluding carboxylic acids is 1. The summed E-state index contributed by atoms with van der Waals surface area (Å²) in [6.45, 7) is 4.07. The molecule has 1 aromatic carbocycles. The molecule has 0 heterocycles. The number of nitrogens with one attached hydrogen (secondary N) is 1. The molecule has 3 N–H and O–H groups in total. The molecule has 3 nitrogen and oxygen atoms in total. The van der Waals surface area contributed by atoms with Gasteiger partial charge in [0.15, 0.2) is 0 Å². The van der Waals surface area contributed by atoms with Gasteiger partial charge in [-0.3, -0.25) is 4.79 Å². The lowest BCUT2D eigenvalue weighted by Crippen LogP contribution is -2.55. The van der Waals surface area contributed by atoms with Crippen LogP contribution in [0, 0.1) is 6.92 Å². The van der Waals surface area contributed by atoms with Crippen molar-refractivity contribution in [2.75, 3.05) is 0 Å². The molecule has 1 atom stereocenters. The van der Waals surface area contributed by atoms with E-state index in [1.165, 1.54) is 12.0 Å². The number of aryl methyl sites for hydroxylation is 1. The van der Waals surface area contributed by atoms with Crippen molar-refractivity contribution in [2.24, 2.45) is 5.73 Å². The number of hydrogen-bond donors (Lipinski definition) is 2. The van der Waals surface area contributed by atoms with Gasteiger partial charge in [0.2, 0.25) is 5.91 Å². The highest BCUT2D eigenvalue weighted by atomic mass is 35.5. The normalized spacial score (nSPS) is 18.8. The van der Waals surface area contributed by atoms with E-state index in [4.69, 9.17) is 5.73 Å². The lowest BCUT2D eigenvalue weighted by Gasteiger charge is -2.33. The molecule has 1 fully saturated rings. The second-order valence-electron chi connectivity index (χ2n) is 5.82. The van der Waals surface area contributed by atoms with Crippen LogP contribution in [0.15, 0.2) is 24.3 Å². The van der Waals surface area contributed by atoms with Crippen LogP contribution in [0.1, 0.15) is 56.2 Å². The quantitative estimate of drug-likeness (QED) is 0.899. The topological polar surface area (TPSA) is 55.1 Å². The summed E-state index contributed by atoms with van der Waals surface area (Å²) < 4.78 is 0. The van der Waals surface area contributed by atoms with Gasteiger partial charge in [0, 0.05) is 0 Å². The van der Waals surface area contributed by atoms with Gasteiger partial charge in [-0.25, -0.2) is 0 Å². The molecule has 20 heavy (non-hydrogen) atoms. The van der Waals surface area contributed by atoms with Crippen molar-refractivity contribution >= 4 is 18.3 Å². The minimum atomic E-state index is -0.656. The first-order chi connectivity index (χ1) is 9.01. The van der Waals surface area contributed by atoms with E-state index < -0.39 is 5.54 Å². The van der Waals surface area contributed by atoms with Gasteiger partial charge in [0.05, 0.1) is 11.6 Å². The van der Waals surface area contributed by atoms with Crippen LogP contribution in [0.4, 0.5) is 0 Å². The average Bonchev–Trinajstić information content (AvgIpc) is 2.40. The van der Waals surface area contributed by atoms with Gasteiger partial charge in [-0.05, 0) is 32.3 Å². The van der Waals surface area contributed by atoms with E-state index in [2.05, 4.69) is 36.5 Å². The summed E-state index contributed by atoms with van der Waals surface area (Å²) in [5, 5.41) is 3.06. The predicted molar refractivity (Wildman–Crippen MR) is 85.0 cm³/mol. The number of amides is 1. The van der Waals surface area contributed by atoms with Gasteiger partial charge in [-0.1, -0.05) is 49.1 Å². The third-order valence-electron chi connectivity index (χ3n) is 4.12. The molecular weight excluding hydrogens is 272 g/mol. The van der Waals surface area contributed by atoms with E-state index in [1.807, 2.05) is 6.92 Å². The Bertz CT molecular complexity index is 438. The lowest BCUT2D eigenvalue weighted by molar-refractivity contribution is -0.128. The molecule has 1 aromatic rings. The van der Waals surface area contributed by atoms with Crippen molar-refractivity contribution in [3.8, 4) is 0 Å². The summed E-state index contributed by atoms with van der Waals surface area (Å²) in [5.41, 5.74) is 7.94. The fraction of sp³-hybridized carbons (Fsp3) is 0.562. The summed E-state index contributed by atoms with van der Waals surface area (Å²) >= 11 is 0. The molecule has 0 aliphatic heterocycles. The zero-order valence-electron chi connectivity index (χ0n) is 12.3. The lowest BCUT2D eigenvalue weighted by atomic mass is 9.81. The van der Waals surface area contributed by atoms with Gasteiger partial charge in [-0.15, -0.1) is 12.4 Å². The highest BCUT2D eigenvalue weighted by molar-refractivity contribution is 5.86. The first kappa shape index (κ1) is 17.0. The van der Waals surface area contributed by atoms with Crippen molar-refractivity contribution in [1.29, 1.82) is 0 Å². The van der Waals surface area contributed by atoms with E-state index in [0.29, 0.717) is 0 Å². The van der Waals surface area contributed by atoms with E-state index in [0.717, 1.165) is 31.2 Å². The summed E-state index contributed by atoms with van der Waals surface area (Å²) in [7, 11) is 0. The van der Waals surface area contributed by atoms with Crippen molar-refractivity contribution in [1.82, 2.24) is 5.32 Å². The Labute approximate surface area is 127 Å². The number of rotatable bonds is 3. The van der Waals surface area contributed by atoms with Crippen molar-refractivity contribution in [3.05, 3.63) is 35.4 Å². The Kier molecular flexibility index (Phi) is 6.03. The van der Waals surface area contributed by atoms with Crippen LogP contribution in [-0.2, 0) is 4.79 Å². The number of nitrogens with two attached hydrogens (primary N) is 1. The minimum Gasteiger partial charge on any atom is -0.348 e. The molecule has 1 unspecified atom stereocenters. The SMILES string of the molecule is Cc1ccc(C(C)NC(=O)C2(N)CCCCC2)cc1.Cl. The van der Waals surface area contributed by atoms with Crippen LogP contribution in [0.3, 0.4) is 0 Å². The number of benzene rings is 1. The molecule has 1 aliphatic rings. The fourth-order valence-electron chi connectivity index (χ4n) is 2.69. The molecule has 1 aliphatic carbocycles. The first-order valence-corrected chi connectivity index (χ1v) is 7.18. The van der Waals surface area contributed by atoms with Crippen LogP contribution >= 0.6 is 12.4 Å². The number of halogens is 1. The summed E-state index contributed by atoms with van der Waals surface area (Å²) in [4.78, 5) is 12.3. The van der Waals surface area contributed by atoms with Gasteiger partial charge in [-0.2, -0.15) is 0 Å². The smallest absolute Gasteiger partial charge is 0.240 e. The molecule has 0 radical (unpaired) electrons. The van der Waals surface area contributed by atoms with Crippen molar-refractivity contribution in [3.63, 3.8) is 0 Å². The van der Waals surface area contributed by atoms with E-state index in [-0.39, 0.29) is 24.4 Å². The maximum absolute atomic E-state index is 12.3. The third-order valence-corrected chi connectivity index (χ3v) is 4.12. The molecule has 2 rings (SSSR count). The molecule has 0 bridgehead atoms.